The van der Waals surface area contributed by atoms with E-state index < -0.39 is 5.92 Å². The molecule has 17 heavy (non-hydrogen) atoms. The molecule has 0 N–H and O–H groups in total. The number of hydrogen-bond donors (Lipinski definition) is 0. The molecule has 1 fully saturated rings. The Labute approximate surface area is 99.3 Å². The van der Waals surface area contributed by atoms with Gasteiger partial charge in [-0.15, -0.1) is 0 Å². The smallest absolute Gasteiger partial charge is 0.253 e. The van der Waals surface area contributed by atoms with Crippen LogP contribution in [0.2, 0.25) is 0 Å². The second kappa shape index (κ2) is 4.24. The molecule has 1 heterocycles. The van der Waals surface area contributed by atoms with Crippen LogP contribution in [0.1, 0.15) is 38.3 Å². The van der Waals surface area contributed by atoms with Gasteiger partial charge in [-0.2, -0.15) is 0 Å². The van der Waals surface area contributed by atoms with Crippen molar-refractivity contribution in [3.8, 4) is 0 Å². The molecule has 0 unspecified atom stereocenters. The Hall–Kier alpha value is -1.19. The maximum absolute atomic E-state index is 12.8. The Morgan fingerprint density at radius 1 is 1.47 bits per heavy atom. The largest absolute Gasteiger partial charge is 0.312 e. The highest BCUT2D eigenvalue weighted by Crippen LogP contribution is 2.44. The molecule has 2 nitrogen and oxygen atoms in total. The minimum Gasteiger partial charge on any atom is -0.312 e. The van der Waals surface area contributed by atoms with Crippen LogP contribution in [-0.4, -0.2) is 10.5 Å². The first kappa shape index (κ1) is 12.3. The summed E-state index contributed by atoms with van der Waals surface area (Å²) in [6.07, 6.45) is 1.89. The number of pyridine rings is 1. The zero-order chi connectivity index (χ0) is 12.6. The summed E-state index contributed by atoms with van der Waals surface area (Å²) < 4.78 is 27.1. The molecule has 1 aliphatic rings. The second-order valence-electron chi connectivity index (χ2n) is 5.26. The van der Waals surface area contributed by atoms with Crippen molar-refractivity contribution in [3.63, 3.8) is 0 Å². The fraction of sp³-hybridized carbons (Fsp3) is 0.615. The molecular formula is C13H17F2NO. The molecular weight excluding hydrogens is 224 g/mol. The Morgan fingerprint density at radius 2 is 2.12 bits per heavy atom. The molecule has 1 saturated carbocycles. The Kier molecular flexibility index (Phi) is 3.06. The topological polar surface area (TPSA) is 22.0 Å². The Morgan fingerprint density at radius 3 is 2.65 bits per heavy atom. The van der Waals surface area contributed by atoms with Gasteiger partial charge in [-0.25, -0.2) is 8.78 Å². The van der Waals surface area contributed by atoms with Crippen LogP contribution in [0.15, 0.2) is 23.1 Å². The van der Waals surface area contributed by atoms with Crippen LogP contribution in [0.5, 0.6) is 0 Å². The van der Waals surface area contributed by atoms with E-state index >= 15 is 0 Å². The predicted octanol–water partition coefficient (Wildman–Crippen LogP) is 3.02. The lowest BCUT2D eigenvalue weighted by Gasteiger charge is -2.36. The van der Waals surface area contributed by atoms with Crippen molar-refractivity contribution in [1.82, 2.24) is 4.57 Å². The number of hydrogen-bond acceptors (Lipinski definition) is 1. The summed E-state index contributed by atoms with van der Waals surface area (Å²) in [6.45, 7) is 4.07. The fourth-order valence-corrected chi connectivity index (χ4v) is 2.27. The predicted molar refractivity (Wildman–Crippen MR) is 62.5 cm³/mol. The van der Waals surface area contributed by atoms with Gasteiger partial charge in [0.15, 0.2) is 0 Å². The normalized spacial score (nSPS) is 19.4. The number of aromatic nitrogens is 1. The summed E-state index contributed by atoms with van der Waals surface area (Å²) in [5, 5.41) is 0. The lowest BCUT2D eigenvalue weighted by atomic mass is 9.87. The molecule has 0 saturated heterocycles. The molecule has 0 bridgehead atoms. The highest BCUT2D eigenvalue weighted by molar-refractivity contribution is 5.12. The highest BCUT2D eigenvalue weighted by Gasteiger charge is 2.46. The Bertz CT molecular complexity index is 457. The van der Waals surface area contributed by atoms with Crippen LogP contribution in [0, 0.1) is 5.92 Å². The summed E-state index contributed by atoms with van der Waals surface area (Å²) in [6, 6.07) is 3.23. The summed E-state index contributed by atoms with van der Waals surface area (Å²) in [5.41, 5.74) is 0.611. The third-order valence-corrected chi connectivity index (χ3v) is 3.14. The van der Waals surface area contributed by atoms with E-state index in [4.69, 9.17) is 0 Å². The average Bonchev–Trinajstić information content (AvgIpc) is 2.17. The van der Waals surface area contributed by atoms with Gasteiger partial charge in [0.05, 0.1) is 0 Å². The van der Waals surface area contributed by atoms with Crippen LogP contribution in [-0.2, 0) is 6.42 Å². The highest BCUT2D eigenvalue weighted by atomic mass is 19.3. The standard InChI is InChI=1S/C13H17F2NO/c1-9(2)6-10-4-3-5-16(12(10)17)11-7-13(14,15)8-11/h3-5,9,11H,6-8H2,1-2H3. The van der Waals surface area contributed by atoms with E-state index in [1.807, 2.05) is 13.8 Å². The number of rotatable bonds is 3. The molecule has 0 atom stereocenters. The van der Waals surface area contributed by atoms with E-state index in [1.165, 1.54) is 4.57 Å². The fourth-order valence-electron chi connectivity index (χ4n) is 2.27. The monoisotopic (exact) mass is 241 g/mol. The van der Waals surface area contributed by atoms with E-state index in [0.29, 0.717) is 12.3 Å². The second-order valence-corrected chi connectivity index (χ2v) is 5.26. The van der Waals surface area contributed by atoms with Gasteiger partial charge in [0.25, 0.3) is 11.5 Å². The van der Waals surface area contributed by atoms with E-state index in [1.54, 1.807) is 18.3 Å². The molecule has 2 rings (SSSR count). The zero-order valence-electron chi connectivity index (χ0n) is 10.1. The van der Waals surface area contributed by atoms with Gasteiger partial charge in [-0.1, -0.05) is 19.9 Å². The van der Waals surface area contributed by atoms with Gasteiger partial charge in [0, 0.05) is 30.6 Å². The van der Waals surface area contributed by atoms with Crippen molar-refractivity contribution in [2.24, 2.45) is 5.92 Å². The van der Waals surface area contributed by atoms with Crippen LogP contribution in [0.3, 0.4) is 0 Å². The van der Waals surface area contributed by atoms with Crippen molar-refractivity contribution in [2.45, 2.75) is 45.1 Å². The van der Waals surface area contributed by atoms with Gasteiger partial charge in [-0.05, 0) is 18.4 Å². The number of halogens is 2. The first-order valence-corrected chi connectivity index (χ1v) is 5.97. The zero-order valence-corrected chi connectivity index (χ0v) is 10.1. The van der Waals surface area contributed by atoms with Crippen molar-refractivity contribution in [1.29, 1.82) is 0 Å². The summed E-state index contributed by atoms with van der Waals surface area (Å²) >= 11 is 0. The van der Waals surface area contributed by atoms with E-state index in [-0.39, 0.29) is 24.4 Å². The maximum Gasteiger partial charge on any atom is 0.253 e. The van der Waals surface area contributed by atoms with Crippen molar-refractivity contribution >= 4 is 0 Å². The molecule has 94 valence electrons. The van der Waals surface area contributed by atoms with E-state index in [0.717, 1.165) is 5.56 Å². The average molecular weight is 241 g/mol. The summed E-state index contributed by atoms with van der Waals surface area (Å²) in [4.78, 5) is 12.1. The lowest BCUT2D eigenvalue weighted by molar-refractivity contribution is -0.105. The van der Waals surface area contributed by atoms with Crippen LogP contribution in [0.4, 0.5) is 8.78 Å². The minimum absolute atomic E-state index is 0.110. The molecule has 1 aromatic rings. The van der Waals surface area contributed by atoms with Crippen molar-refractivity contribution < 1.29 is 8.78 Å². The third kappa shape index (κ3) is 2.56. The molecule has 0 amide bonds. The van der Waals surface area contributed by atoms with Gasteiger partial charge < -0.3 is 4.57 Å². The van der Waals surface area contributed by atoms with Gasteiger partial charge in [0.2, 0.25) is 0 Å². The summed E-state index contributed by atoms with van der Waals surface area (Å²) in [5.74, 6) is -2.19. The number of alkyl halides is 2. The lowest BCUT2D eigenvalue weighted by Crippen LogP contribution is -2.41. The summed E-state index contributed by atoms with van der Waals surface area (Å²) in [7, 11) is 0. The maximum atomic E-state index is 12.8. The number of nitrogens with zero attached hydrogens (tertiary/aromatic N) is 1. The third-order valence-electron chi connectivity index (χ3n) is 3.14. The van der Waals surface area contributed by atoms with Crippen LogP contribution in [0.25, 0.3) is 0 Å². The minimum atomic E-state index is -2.59. The quantitative estimate of drug-likeness (QED) is 0.797. The van der Waals surface area contributed by atoms with Gasteiger partial charge in [-0.3, -0.25) is 4.79 Å². The molecule has 0 aromatic carbocycles. The molecule has 0 aliphatic heterocycles. The Balaban J connectivity index is 2.22. The molecule has 1 aliphatic carbocycles. The van der Waals surface area contributed by atoms with Crippen LogP contribution < -0.4 is 5.56 Å². The van der Waals surface area contributed by atoms with Gasteiger partial charge >= 0.3 is 0 Å². The molecule has 4 heteroatoms. The van der Waals surface area contributed by atoms with E-state index in [9.17, 15) is 13.6 Å². The van der Waals surface area contributed by atoms with E-state index in [2.05, 4.69) is 0 Å². The first-order valence-electron chi connectivity index (χ1n) is 5.97. The molecule has 0 radical (unpaired) electrons. The van der Waals surface area contributed by atoms with Crippen LogP contribution >= 0.6 is 0 Å². The first-order chi connectivity index (χ1) is 7.89. The van der Waals surface area contributed by atoms with Crippen molar-refractivity contribution in [3.05, 3.63) is 34.2 Å². The SMILES string of the molecule is CC(C)Cc1cccn(C2CC(F)(F)C2)c1=O. The van der Waals surface area contributed by atoms with Crippen molar-refractivity contribution in [2.75, 3.05) is 0 Å². The molecule has 0 spiro atoms. The molecule has 1 aromatic heterocycles. The van der Waals surface area contributed by atoms with Gasteiger partial charge in [0.1, 0.15) is 0 Å².